The zero-order valence-corrected chi connectivity index (χ0v) is 18.5. The van der Waals surface area contributed by atoms with Crippen molar-refractivity contribution in [2.45, 2.75) is 19.3 Å². The largest absolute Gasteiger partial charge is 0.486 e. The molecule has 1 aromatic carbocycles. The maximum absolute atomic E-state index is 12.9. The van der Waals surface area contributed by atoms with Gasteiger partial charge < -0.3 is 19.7 Å². The van der Waals surface area contributed by atoms with Crippen LogP contribution < -0.4 is 14.8 Å². The standard InChI is InChI=1S/C20H23N3O3S.2ClH/c24-19(23-7-4-20(5-8-23)3-6-21-13-20)15-12-27-18(22-15)14-1-2-16-17(11-14)26-10-9-25-16;;/h1-2,11-12,21H,3-10,13H2;2*1H. The molecule has 0 bridgehead atoms. The minimum absolute atomic E-state index is 0. The summed E-state index contributed by atoms with van der Waals surface area (Å²) in [6.07, 6.45) is 3.41. The van der Waals surface area contributed by atoms with Crippen molar-refractivity contribution in [1.29, 1.82) is 0 Å². The van der Waals surface area contributed by atoms with Crippen LogP contribution in [-0.4, -0.2) is 55.2 Å². The van der Waals surface area contributed by atoms with E-state index in [0.29, 0.717) is 24.3 Å². The molecule has 9 heteroatoms. The summed E-state index contributed by atoms with van der Waals surface area (Å²) in [6, 6.07) is 5.82. The number of amides is 1. The average Bonchev–Trinajstić information content (AvgIpc) is 3.38. The minimum Gasteiger partial charge on any atom is -0.486 e. The van der Waals surface area contributed by atoms with Crippen molar-refractivity contribution in [3.63, 3.8) is 0 Å². The van der Waals surface area contributed by atoms with E-state index in [0.717, 1.165) is 61.1 Å². The fraction of sp³-hybridized carbons (Fsp3) is 0.500. The van der Waals surface area contributed by atoms with Crippen molar-refractivity contribution in [3.8, 4) is 22.1 Å². The van der Waals surface area contributed by atoms with Crippen LogP contribution in [0.5, 0.6) is 11.5 Å². The monoisotopic (exact) mass is 457 g/mol. The highest BCUT2D eigenvalue weighted by Crippen LogP contribution is 2.38. The number of halogens is 2. The third kappa shape index (κ3) is 4.33. The molecule has 1 amide bonds. The van der Waals surface area contributed by atoms with Gasteiger partial charge in [-0.3, -0.25) is 4.79 Å². The van der Waals surface area contributed by atoms with E-state index in [2.05, 4.69) is 10.3 Å². The molecule has 158 valence electrons. The molecular weight excluding hydrogens is 433 g/mol. The van der Waals surface area contributed by atoms with Crippen LogP contribution in [0.1, 0.15) is 29.8 Å². The molecule has 0 unspecified atom stereocenters. The summed E-state index contributed by atoms with van der Waals surface area (Å²) in [4.78, 5) is 19.5. The van der Waals surface area contributed by atoms with E-state index in [9.17, 15) is 4.79 Å². The molecule has 3 aliphatic heterocycles. The van der Waals surface area contributed by atoms with E-state index >= 15 is 0 Å². The lowest BCUT2D eigenvalue weighted by Crippen LogP contribution is -2.44. The number of thiazole rings is 1. The molecule has 6 nitrogen and oxygen atoms in total. The van der Waals surface area contributed by atoms with Crippen molar-refractivity contribution < 1.29 is 14.3 Å². The Morgan fingerprint density at radius 2 is 1.86 bits per heavy atom. The quantitative estimate of drug-likeness (QED) is 0.745. The Balaban J connectivity index is 0.00000120. The van der Waals surface area contributed by atoms with Crippen LogP contribution in [0.2, 0.25) is 0 Å². The molecule has 1 N–H and O–H groups in total. The highest BCUT2D eigenvalue weighted by Gasteiger charge is 2.38. The van der Waals surface area contributed by atoms with Gasteiger partial charge in [-0.15, -0.1) is 36.2 Å². The van der Waals surface area contributed by atoms with Crippen LogP contribution in [-0.2, 0) is 0 Å². The number of hydrogen-bond donors (Lipinski definition) is 1. The number of aromatic nitrogens is 1. The van der Waals surface area contributed by atoms with Crippen molar-refractivity contribution >= 4 is 42.1 Å². The normalized spacial score (nSPS) is 19.4. The molecule has 1 spiro atoms. The predicted molar refractivity (Wildman–Crippen MR) is 118 cm³/mol. The number of hydrogen-bond acceptors (Lipinski definition) is 6. The third-order valence-electron chi connectivity index (χ3n) is 5.96. The number of fused-ring (bicyclic) bond motifs is 1. The second kappa shape index (κ2) is 9.08. The van der Waals surface area contributed by atoms with Crippen LogP contribution >= 0.6 is 36.2 Å². The summed E-state index contributed by atoms with van der Waals surface area (Å²) in [5.74, 6) is 1.56. The first-order valence-corrected chi connectivity index (χ1v) is 10.5. The molecular formula is C20H25Cl2N3O3S. The summed E-state index contributed by atoms with van der Waals surface area (Å²) in [5, 5.41) is 6.18. The molecule has 2 fully saturated rings. The van der Waals surface area contributed by atoms with E-state index in [-0.39, 0.29) is 30.7 Å². The second-order valence-electron chi connectivity index (χ2n) is 7.62. The molecule has 1 aromatic heterocycles. The van der Waals surface area contributed by atoms with Gasteiger partial charge in [0.2, 0.25) is 0 Å². The van der Waals surface area contributed by atoms with Gasteiger partial charge in [0, 0.05) is 30.6 Å². The van der Waals surface area contributed by atoms with Gasteiger partial charge in [-0.25, -0.2) is 4.98 Å². The van der Waals surface area contributed by atoms with Gasteiger partial charge in [-0.1, -0.05) is 0 Å². The molecule has 0 radical (unpaired) electrons. The molecule has 2 aromatic rings. The maximum atomic E-state index is 12.9. The second-order valence-corrected chi connectivity index (χ2v) is 8.47. The van der Waals surface area contributed by atoms with Crippen molar-refractivity contribution in [2.24, 2.45) is 5.41 Å². The molecule has 29 heavy (non-hydrogen) atoms. The first-order valence-electron chi connectivity index (χ1n) is 9.58. The number of rotatable bonds is 2. The first-order chi connectivity index (χ1) is 13.2. The lowest BCUT2D eigenvalue weighted by Gasteiger charge is -2.38. The zero-order chi connectivity index (χ0) is 18.3. The molecule has 4 heterocycles. The van der Waals surface area contributed by atoms with Crippen molar-refractivity contribution in [1.82, 2.24) is 15.2 Å². The van der Waals surface area contributed by atoms with Gasteiger partial charge in [-0.05, 0) is 49.4 Å². The van der Waals surface area contributed by atoms with E-state index < -0.39 is 0 Å². The van der Waals surface area contributed by atoms with Crippen LogP contribution in [0, 0.1) is 5.41 Å². The van der Waals surface area contributed by atoms with Crippen LogP contribution in [0.15, 0.2) is 23.6 Å². The van der Waals surface area contributed by atoms with Crippen LogP contribution in [0.3, 0.4) is 0 Å². The molecule has 0 saturated carbocycles. The number of carbonyl (C=O) groups excluding carboxylic acids is 1. The number of ether oxygens (including phenoxy) is 2. The lowest BCUT2D eigenvalue weighted by atomic mass is 9.78. The average molecular weight is 458 g/mol. The fourth-order valence-electron chi connectivity index (χ4n) is 4.25. The number of piperidine rings is 1. The molecule has 5 rings (SSSR count). The number of nitrogens with one attached hydrogen (secondary N) is 1. The van der Waals surface area contributed by atoms with E-state index in [1.807, 2.05) is 28.5 Å². The van der Waals surface area contributed by atoms with Gasteiger partial charge in [0.05, 0.1) is 0 Å². The van der Waals surface area contributed by atoms with Gasteiger partial charge in [0.1, 0.15) is 23.9 Å². The lowest BCUT2D eigenvalue weighted by molar-refractivity contribution is 0.0603. The molecule has 3 aliphatic rings. The first kappa shape index (κ1) is 22.2. The summed E-state index contributed by atoms with van der Waals surface area (Å²) in [5.41, 5.74) is 1.91. The number of benzene rings is 1. The van der Waals surface area contributed by atoms with Crippen LogP contribution in [0.4, 0.5) is 0 Å². The SMILES string of the molecule is Cl.Cl.O=C(c1csc(-c2ccc3c(c2)OCCO3)n1)N1CCC2(CCNC2)CC1. The van der Waals surface area contributed by atoms with Crippen molar-refractivity contribution in [3.05, 3.63) is 29.3 Å². The maximum Gasteiger partial charge on any atom is 0.273 e. The topological polar surface area (TPSA) is 63.7 Å². The molecule has 2 saturated heterocycles. The van der Waals surface area contributed by atoms with Crippen LogP contribution in [0.25, 0.3) is 10.6 Å². The number of nitrogens with zero attached hydrogens (tertiary/aromatic N) is 2. The van der Waals surface area contributed by atoms with E-state index in [1.165, 1.54) is 17.8 Å². The van der Waals surface area contributed by atoms with E-state index in [4.69, 9.17) is 9.47 Å². The summed E-state index contributed by atoms with van der Waals surface area (Å²) < 4.78 is 11.2. The number of carbonyl (C=O) groups is 1. The Bertz CT molecular complexity index is 860. The minimum atomic E-state index is 0. The Morgan fingerprint density at radius 1 is 1.10 bits per heavy atom. The highest BCUT2D eigenvalue weighted by atomic mass is 35.5. The Kier molecular flexibility index (Phi) is 6.94. The summed E-state index contributed by atoms with van der Waals surface area (Å²) in [6.45, 7) is 5.01. The zero-order valence-electron chi connectivity index (χ0n) is 16.0. The number of likely N-dealkylation sites (tertiary alicyclic amines) is 1. The third-order valence-corrected chi connectivity index (χ3v) is 6.85. The fourth-order valence-corrected chi connectivity index (χ4v) is 5.04. The van der Waals surface area contributed by atoms with Gasteiger partial charge in [0.15, 0.2) is 11.5 Å². The Labute approximate surface area is 186 Å². The summed E-state index contributed by atoms with van der Waals surface area (Å²) in [7, 11) is 0. The van der Waals surface area contributed by atoms with Gasteiger partial charge in [-0.2, -0.15) is 0 Å². The Morgan fingerprint density at radius 3 is 2.59 bits per heavy atom. The smallest absolute Gasteiger partial charge is 0.273 e. The van der Waals surface area contributed by atoms with E-state index in [1.54, 1.807) is 0 Å². The Hall–Kier alpha value is -1.54. The predicted octanol–water partition coefficient (Wildman–Crippen LogP) is 3.64. The molecule has 0 atom stereocenters. The van der Waals surface area contributed by atoms with Crippen molar-refractivity contribution in [2.75, 3.05) is 39.4 Å². The summed E-state index contributed by atoms with van der Waals surface area (Å²) >= 11 is 1.50. The molecule has 0 aliphatic carbocycles. The highest BCUT2D eigenvalue weighted by molar-refractivity contribution is 7.13. The van der Waals surface area contributed by atoms with Gasteiger partial charge in [0.25, 0.3) is 5.91 Å². The van der Waals surface area contributed by atoms with Gasteiger partial charge >= 0.3 is 0 Å².